The standard InChI is InChI=1S/C24H37N3O3/c1-19-6-8-21(9-7-19)22(26-20(2)28)16-23(29)25-17-24(10-4-3-5-11-24)18-27-12-14-30-15-13-27/h6-9,22H,3-5,10-18H2,1-2H3,(H,25,29)(H,26,28). The number of benzene rings is 1. The number of morpholine rings is 1. The number of hydrogen-bond acceptors (Lipinski definition) is 4. The Kier molecular flexibility index (Phi) is 8.28. The van der Waals surface area contributed by atoms with Gasteiger partial charge in [-0.15, -0.1) is 0 Å². The van der Waals surface area contributed by atoms with Gasteiger partial charge in [0.15, 0.2) is 0 Å². The Hall–Kier alpha value is -1.92. The van der Waals surface area contributed by atoms with Crippen LogP contribution in [0.3, 0.4) is 0 Å². The van der Waals surface area contributed by atoms with Gasteiger partial charge in [0.25, 0.3) is 0 Å². The number of ether oxygens (including phenoxy) is 1. The van der Waals surface area contributed by atoms with E-state index in [4.69, 9.17) is 4.74 Å². The van der Waals surface area contributed by atoms with E-state index in [1.54, 1.807) is 0 Å². The van der Waals surface area contributed by atoms with Crippen LogP contribution in [-0.2, 0) is 14.3 Å². The summed E-state index contributed by atoms with van der Waals surface area (Å²) < 4.78 is 5.50. The normalized spacial score (nSPS) is 20.3. The Bertz CT molecular complexity index is 692. The van der Waals surface area contributed by atoms with Crippen LogP contribution >= 0.6 is 0 Å². The van der Waals surface area contributed by atoms with Crippen molar-refractivity contribution in [3.8, 4) is 0 Å². The van der Waals surface area contributed by atoms with Crippen molar-refractivity contribution in [3.05, 3.63) is 35.4 Å². The third-order valence-corrected chi connectivity index (χ3v) is 6.48. The third-order valence-electron chi connectivity index (χ3n) is 6.48. The number of nitrogens with one attached hydrogen (secondary N) is 2. The summed E-state index contributed by atoms with van der Waals surface area (Å²) in [4.78, 5) is 27.0. The highest BCUT2D eigenvalue weighted by Crippen LogP contribution is 2.37. The monoisotopic (exact) mass is 415 g/mol. The minimum atomic E-state index is -0.301. The zero-order valence-corrected chi connectivity index (χ0v) is 18.5. The topological polar surface area (TPSA) is 70.7 Å². The molecule has 2 N–H and O–H groups in total. The minimum Gasteiger partial charge on any atom is -0.379 e. The molecule has 2 amide bonds. The molecule has 1 saturated carbocycles. The van der Waals surface area contributed by atoms with Crippen LogP contribution in [0.4, 0.5) is 0 Å². The number of carbonyl (C=O) groups is 2. The van der Waals surface area contributed by atoms with E-state index in [0.29, 0.717) is 6.54 Å². The van der Waals surface area contributed by atoms with E-state index >= 15 is 0 Å². The molecule has 3 rings (SSSR count). The molecule has 166 valence electrons. The van der Waals surface area contributed by atoms with Gasteiger partial charge < -0.3 is 15.4 Å². The second kappa shape index (κ2) is 10.9. The maximum atomic E-state index is 12.9. The Morgan fingerprint density at radius 2 is 1.77 bits per heavy atom. The number of nitrogens with zero attached hydrogens (tertiary/aromatic N) is 1. The molecule has 1 aliphatic carbocycles. The fraction of sp³-hybridized carbons (Fsp3) is 0.667. The smallest absolute Gasteiger partial charge is 0.222 e. The first kappa shape index (κ1) is 22.8. The highest BCUT2D eigenvalue weighted by atomic mass is 16.5. The molecule has 1 aromatic carbocycles. The van der Waals surface area contributed by atoms with Crippen LogP contribution in [0.15, 0.2) is 24.3 Å². The Labute approximate surface area is 180 Å². The molecule has 2 fully saturated rings. The molecule has 1 unspecified atom stereocenters. The summed E-state index contributed by atoms with van der Waals surface area (Å²) >= 11 is 0. The van der Waals surface area contributed by atoms with Crippen LogP contribution in [0.25, 0.3) is 0 Å². The molecule has 1 aliphatic heterocycles. The summed E-state index contributed by atoms with van der Waals surface area (Å²) in [5, 5.41) is 6.16. The SMILES string of the molecule is CC(=O)NC(CC(=O)NCC1(CN2CCOCC2)CCCCC1)c1ccc(C)cc1. The molecule has 0 radical (unpaired) electrons. The molecule has 1 aromatic rings. The largest absolute Gasteiger partial charge is 0.379 e. The molecular formula is C24H37N3O3. The van der Waals surface area contributed by atoms with Gasteiger partial charge in [-0.2, -0.15) is 0 Å². The lowest BCUT2D eigenvalue weighted by molar-refractivity contribution is -0.123. The van der Waals surface area contributed by atoms with E-state index in [-0.39, 0.29) is 29.7 Å². The fourth-order valence-corrected chi connectivity index (χ4v) is 4.77. The lowest BCUT2D eigenvalue weighted by Gasteiger charge is -2.42. The first-order valence-electron chi connectivity index (χ1n) is 11.4. The zero-order chi connectivity index (χ0) is 21.4. The molecular weight excluding hydrogens is 378 g/mol. The maximum Gasteiger partial charge on any atom is 0.222 e. The Morgan fingerprint density at radius 1 is 1.10 bits per heavy atom. The van der Waals surface area contributed by atoms with Crippen molar-refractivity contribution < 1.29 is 14.3 Å². The predicted octanol–water partition coefficient (Wildman–Crippen LogP) is 2.96. The molecule has 6 nitrogen and oxygen atoms in total. The van der Waals surface area contributed by atoms with Gasteiger partial charge in [-0.05, 0) is 25.3 Å². The summed E-state index contributed by atoms with van der Waals surface area (Å²) in [6.07, 6.45) is 6.35. The molecule has 0 bridgehead atoms. The van der Waals surface area contributed by atoms with Crippen LogP contribution in [0.2, 0.25) is 0 Å². The van der Waals surface area contributed by atoms with Crippen molar-refractivity contribution in [2.45, 2.75) is 58.4 Å². The average Bonchev–Trinajstić information content (AvgIpc) is 2.74. The quantitative estimate of drug-likeness (QED) is 0.685. The van der Waals surface area contributed by atoms with Gasteiger partial charge >= 0.3 is 0 Å². The first-order chi connectivity index (χ1) is 14.5. The van der Waals surface area contributed by atoms with Crippen molar-refractivity contribution in [1.29, 1.82) is 0 Å². The van der Waals surface area contributed by atoms with Gasteiger partial charge in [-0.25, -0.2) is 0 Å². The molecule has 30 heavy (non-hydrogen) atoms. The van der Waals surface area contributed by atoms with E-state index in [2.05, 4.69) is 15.5 Å². The average molecular weight is 416 g/mol. The molecule has 6 heteroatoms. The van der Waals surface area contributed by atoms with E-state index < -0.39 is 0 Å². The van der Waals surface area contributed by atoms with Crippen LogP contribution in [0.1, 0.15) is 62.6 Å². The first-order valence-corrected chi connectivity index (χ1v) is 11.4. The highest BCUT2D eigenvalue weighted by molar-refractivity contribution is 5.79. The summed E-state index contributed by atoms with van der Waals surface area (Å²) in [5.41, 5.74) is 2.28. The second-order valence-corrected chi connectivity index (χ2v) is 9.09. The maximum absolute atomic E-state index is 12.9. The summed E-state index contributed by atoms with van der Waals surface area (Å²) in [5.74, 6) is -0.120. The number of hydrogen-bond donors (Lipinski definition) is 2. The van der Waals surface area contributed by atoms with Gasteiger partial charge in [-0.1, -0.05) is 49.1 Å². The molecule has 2 aliphatic rings. The van der Waals surface area contributed by atoms with Gasteiger partial charge in [0, 0.05) is 38.5 Å². The lowest BCUT2D eigenvalue weighted by Crippen LogP contribution is -2.49. The van der Waals surface area contributed by atoms with Crippen LogP contribution < -0.4 is 10.6 Å². The highest BCUT2D eigenvalue weighted by Gasteiger charge is 2.35. The molecule has 1 saturated heterocycles. The van der Waals surface area contributed by atoms with E-state index in [1.165, 1.54) is 26.2 Å². The lowest BCUT2D eigenvalue weighted by atomic mass is 9.73. The molecule has 1 atom stereocenters. The van der Waals surface area contributed by atoms with Crippen molar-refractivity contribution in [2.75, 3.05) is 39.4 Å². The molecule has 0 spiro atoms. The summed E-state index contributed by atoms with van der Waals surface area (Å²) in [7, 11) is 0. The van der Waals surface area contributed by atoms with Crippen LogP contribution in [0.5, 0.6) is 0 Å². The number of aryl methyl sites for hydroxylation is 1. The number of rotatable bonds is 8. The van der Waals surface area contributed by atoms with Gasteiger partial charge in [0.05, 0.1) is 25.7 Å². The molecule has 1 heterocycles. The minimum absolute atomic E-state index is 0.00116. The number of carbonyl (C=O) groups excluding carboxylic acids is 2. The van der Waals surface area contributed by atoms with E-state index in [9.17, 15) is 9.59 Å². The molecule has 0 aromatic heterocycles. The van der Waals surface area contributed by atoms with Gasteiger partial charge in [-0.3, -0.25) is 14.5 Å². The van der Waals surface area contributed by atoms with Crippen LogP contribution in [0, 0.1) is 12.3 Å². The second-order valence-electron chi connectivity index (χ2n) is 9.09. The van der Waals surface area contributed by atoms with Gasteiger partial charge in [0.2, 0.25) is 11.8 Å². The van der Waals surface area contributed by atoms with Crippen molar-refractivity contribution in [2.24, 2.45) is 5.41 Å². The summed E-state index contributed by atoms with van der Waals surface area (Å²) in [6, 6.07) is 7.71. The zero-order valence-electron chi connectivity index (χ0n) is 18.5. The summed E-state index contributed by atoms with van der Waals surface area (Å²) in [6.45, 7) is 8.84. The fourth-order valence-electron chi connectivity index (χ4n) is 4.77. The third kappa shape index (κ3) is 6.81. The Morgan fingerprint density at radius 3 is 2.40 bits per heavy atom. The van der Waals surface area contributed by atoms with E-state index in [1.807, 2.05) is 31.2 Å². The van der Waals surface area contributed by atoms with Crippen LogP contribution in [-0.4, -0.2) is 56.1 Å². The van der Waals surface area contributed by atoms with Crippen molar-refractivity contribution >= 4 is 11.8 Å². The van der Waals surface area contributed by atoms with E-state index in [0.717, 1.165) is 56.8 Å². The van der Waals surface area contributed by atoms with Crippen molar-refractivity contribution in [1.82, 2.24) is 15.5 Å². The van der Waals surface area contributed by atoms with Gasteiger partial charge in [0.1, 0.15) is 0 Å². The predicted molar refractivity (Wildman–Crippen MR) is 118 cm³/mol. The number of amides is 2. The van der Waals surface area contributed by atoms with Crippen molar-refractivity contribution in [3.63, 3.8) is 0 Å². The Balaban J connectivity index is 1.60.